The molecule has 2 aromatic heterocycles. The topological polar surface area (TPSA) is 91.8 Å². The smallest absolute Gasteiger partial charge is 0.268 e. The minimum absolute atomic E-state index is 0.0692. The van der Waals surface area contributed by atoms with Gasteiger partial charge in [-0.15, -0.1) is 10.2 Å². The summed E-state index contributed by atoms with van der Waals surface area (Å²) in [6.07, 6.45) is 1.41. The van der Waals surface area contributed by atoms with E-state index in [-0.39, 0.29) is 11.5 Å². The lowest BCUT2D eigenvalue weighted by Crippen LogP contribution is -2.13. The Kier molecular flexibility index (Phi) is 5.25. The van der Waals surface area contributed by atoms with Gasteiger partial charge in [-0.3, -0.25) is 10.1 Å². The predicted molar refractivity (Wildman–Crippen MR) is 100 cm³/mol. The standard InChI is InChI=1S/C19H16N4O2S/c1-12(2)18-22-23-19(26-18)21-17(24)14(11-20)10-15-8-9-16(25-15)13-6-4-3-5-7-13/h3-10,12H,1-2H3,(H,21,23,24)/b14-10-. The van der Waals surface area contributed by atoms with Gasteiger partial charge in [-0.05, 0) is 12.1 Å². The zero-order valence-corrected chi connectivity index (χ0v) is 15.1. The van der Waals surface area contributed by atoms with Gasteiger partial charge >= 0.3 is 0 Å². The van der Waals surface area contributed by atoms with Crippen LogP contribution >= 0.6 is 11.3 Å². The Morgan fingerprint density at radius 3 is 2.65 bits per heavy atom. The van der Waals surface area contributed by atoms with Gasteiger partial charge in [0.2, 0.25) is 5.13 Å². The minimum Gasteiger partial charge on any atom is -0.457 e. The number of nitrogens with one attached hydrogen (secondary N) is 1. The number of nitriles is 1. The molecule has 26 heavy (non-hydrogen) atoms. The zero-order chi connectivity index (χ0) is 18.5. The van der Waals surface area contributed by atoms with Crippen LogP contribution in [0.5, 0.6) is 0 Å². The van der Waals surface area contributed by atoms with Gasteiger partial charge in [0, 0.05) is 17.6 Å². The molecule has 0 aliphatic heterocycles. The average Bonchev–Trinajstić information content (AvgIpc) is 3.30. The van der Waals surface area contributed by atoms with Crippen molar-refractivity contribution in [2.75, 3.05) is 5.32 Å². The third-order valence-electron chi connectivity index (χ3n) is 3.49. The molecule has 0 bridgehead atoms. The normalized spacial score (nSPS) is 11.4. The Hall–Kier alpha value is -3.24. The van der Waals surface area contributed by atoms with Crippen molar-refractivity contribution in [3.8, 4) is 17.4 Å². The third-order valence-corrected chi connectivity index (χ3v) is 4.63. The van der Waals surface area contributed by atoms with E-state index in [1.807, 2.05) is 50.2 Å². The van der Waals surface area contributed by atoms with Crippen molar-refractivity contribution in [1.29, 1.82) is 5.26 Å². The van der Waals surface area contributed by atoms with Crippen LogP contribution in [0.1, 0.15) is 30.5 Å². The maximum Gasteiger partial charge on any atom is 0.268 e. The van der Waals surface area contributed by atoms with Crippen LogP contribution in [-0.4, -0.2) is 16.1 Å². The quantitative estimate of drug-likeness (QED) is 0.533. The Morgan fingerprint density at radius 2 is 2.00 bits per heavy atom. The molecule has 0 aliphatic rings. The molecule has 0 spiro atoms. The summed E-state index contributed by atoms with van der Waals surface area (Å²) in [6, 6.07) is 15.0. The van der Waals surface area contributed by atoms with Crippen LogP contribution in [-0.2, 0) is 4.79 Å². The molecule has 130 valence electrons. The van der Waals surface area contributed by atoms with Crippen molar-refractivity contribution in [3.63, 3.8) is 0 Å². The van der Waals surface area contributed by atoms with Gasteiger partial charge in [0.1, 0.15) is 28.2 Å². The summed E-state index contributed by atoms with van der Waals surface area (Å²) in [5.41, 5.74) is 0.852. The van der Waals surface area contributed by atoms with E-state index in [4.69, 9.17) is 4.42 Å². The lowest BCUT2D eigenvalue weighted by atomic mass is 10.2. The highest BCUT2D eigenvalue weighted by Crippen LogP contribution is 2.24. The van der Waals surface area contributed by atoms with E-state index in [2.05, 4.69) is 15.5 Å². The van der Waals surface area contributed by atoms with Crippen LogP contribution < -0.4 is 5.32 Å². The number of hydrogen-bond acceptors (Lipinski definition) is 6. The van der Waals surface area contributed by atoms with Crippen molar-refractivity contribution >= 4 is 28.5 Å². The first kappa shape index (κ1) is 17.6. The van der Waals surface area contributed by atoms with Crippen LogP contribution in [0.15, 0.2) is 52.5 Å². The molecule has 3 aromatic rings. The lowest BCUT2D eigenvalue weighted by Gasteiger charge is -1.99. The summed E-state index contributed by atoms with van der Waals surface area (Å²) in [5, 5.41) is 21.0. The van der Waals surface area contributed by atoms with Crippen molar-refractivity contribution in [2.45, 2.75) is 19.8 Å². The Bertz CT molecular complexity index is 980. The molecule has 0 saturated heterocycles. The first-order valence-corrected chi connectivity index (χ1v) is 8.80. The molecule has 6 nitrogen and oxygen atoms in total. The molecule has 0 atom stereocenters. The molecule has 0 unspecified atom stereocenters. The Morgan fingerprint density at radius 1 is 1.23 bits per heavy atom. The highest BCUT2D eigenvalue weighted by Gasteiger charge is 2.15. The van der Waals surface area contributed by atoms with Crippen LogP contribution in [0, 0.1) is 11.3 Å². The molecule has 1 N–H and O–H groups in total. The number of furan rings is 1. The monoisotopic (exact) mass is 364 g/mol. The fraction of sp³-hybridized carbons (Fsp3) is 0.158. The van der Waals surface area contributed by atoms with E-state index in [9.17, 15) is 10.1 Å². The number of hydrogen-bond donors (Lipinski definition) is 1. The van der Waals surface area contributed by atoms with Gasteiger partial charge in [-0.2, -0.15) is 5.26 Å². The van der Waals surface area contributed by atoms with Gasteiger partial charge in [0.15, 0.2) is 0 Å². The summed E-state index contributed by atoms with van der Waals surface area (Å²) in [5.74, 6) is 0.774. The number of carbonyl (C=O) groups excluding carboxylic acids is 1. The first-order valence-electron chi connectivity index (χ1n) is 7.98. The number of anilines is 1. The average molecular weight is 364 g/mol. The third kappa shape index (κ3) is 4.05. The largest absolute Gasteiger partial charge is 0.457 e. The Balaban J connectivity index is 1.76. The van der Waals surface area contributed by atoms with Gasteiger partial charge in [0.25, 0.3) is 5.91 Å². The number of benzene rings is 1. The van der Waals surface area contributed by atoms with Gasteiger partial charge in [-0.25, -0.2) is 0 Å². The SMILES string of the molecule is CC(C)c1nnc(NC(=O)/C(C#N)=C\c2ccc(-c3ccccc3)o2)s1. The summed E-state index contributed by atoms with van der Waals surface area (Å²) >= 11 is 1.29. The van der Waals surface area contributed by atoms with Crippen LogP contribution in [0.3, 0.4) is 0 Å². The molecular weight excluding hydrogens is 348 g/mol. The summed E-state index contributed by atoms with van der Waals surface area (Å²) in [6.45, 7) is 3.99. The first-order chi connectivity index (χ1) is 12.6. The number of amides is 1. The molecule has 0 radical (unpaired) electrons. The molecule has 0 saturated carbocycles. The lowest BCUT2D eigenvalue weighted by molar-refractivity contribution is -0.112. The van der Waals surface area contributed by atoms with Gasteiger partial charge in [0.05, 0.1) is 0 Å². The van der Waals surface area contributed by atoms with Crippen molar-refractivity contribution in [3.05, 3.63) is 58.8 Å². The second kappa shape index (κ2) is 7.76. The van der Waals surface area contributed by atoms with Crippen LogP contribution in [0.25, 0.3) is 17.4 Å². The Labute approximate surface area is 154 Å². The molecular formula is C19H16N4O2S. The van der Waals surface area contributed by atoms with Crippen molar-refractivity contribution in [2.24, 2.45) is 0 Å². The minimum atomic E-state index is -0.545. The highest BCUT2D eigenvalue weighted by atomic mass is 32.1. The van der Waals surface area contributed by atoms with Crippen molar-refractivity contribution < 1.29 is 9.21 Å². The van der Waals surface area contributed by atoms with Gasteiger partial charge in [-0.1, -0.05) is 55.5 Å². The number of carbonyl (C=O) groups is 1. The van der Waals surface area contributed by atoms with E-state index in [1.165, 1.54) is 17.4 Å². The fourth-order valence-corrected chi connectivity index (χ4v) is 2.90. The van der Waals surface area contributed by atoms with E-state index in [0.29, 0.717) is 16.7 Å². The second-order valence-corrected chi connectivity index (χ2v) is 6.80. The number of rotatable bonds is 5. The molecule has 1 aromatic carbocycles. The molecule has 3 rings (SSSR count). The highest BCUT2D eigenvalue weighted by molar-refractivity contribution is 7.15. The molecule has 0 aliphatic carbocycles. The maximum atomic E-state index is 12.3. The summed E-state index contributed by atoms with van der Waals surface area (Å²) < 4.78 is 5.71. The van der Waals surface area contributed by atoms with Crippen LogP contribution in [0.4, 0.5) is 5.13 Å². The van der Waals surface area contributed by atoms with Crippen LogP contribution in [0.2, 0.25) is 0 Å². The maximum absolute atomic E-state index is 12.3. The predicted octanol–water partition coefficient (Wildman–Crippen LogP) is 4.47. The van der Waals surface area contributed by atoms with E-state index < -0.39 is 5.91 Å². The summed E-state index contributed by atoms with van der Waals surface area (Å²) in [7, 11) is 0. The van der Waals surface area contributed by atoms with E-state index in [1.54, 1.807) is 12.1 Å². The molecule has 7 heteroatoms. The second-order valence-electron chi connectivity index (χ2n) is 5.79. The van der Waals surface area contributed by atoms with E-state index >= 15 is 0 Å². The number of aromatic nitrogens is 2. The van der Waals surface area contributed by atoms with E-state index in [0.717, 1.165) is 10.6 Å². The molecule has 0 fully saturated rings. The molecule has 1 amide bonds. The van der Waals surface area contributed by atoms with Crippen molar-refractivity contribution in [1.82, 2.24) is 10.2 Å². The fourth-order valence-electron chi connectivity index (χ4n) is 2.16. The van der Waals surface area contributed by atoms with Gasteiger partial charge < -0.3 is 4.42 Å². The zero-order valence-electron chi connectivity index (χ0n) is 14.3. The summed E-state index contributed by atoms with van der Waals surface area (Å²) in [4.78, 5) is 12.3. The molecule has 2 heterocycles. The number of nitrogens with zero attached hydrogens (tertiary/aromatic N) is 3.